The van der Waals surface area contributed by atoms with Crippen LogP contribution in [0.5, 0.6) is 0 Å². The van der Waals surface area contributed by atoms with E-state index in [9.17, 15) is 0 Å². The molecule has 1 heterocycles. The van der Waals surface area contributed by atoms with Gasteiger partial charge in [0.2, 0.25) is 0 Å². The van der Waals surface area contributed by atoms with Crippen LogP contribution in [-0.4, -0.2) is 15.4 Å². The van der Waals surface area contributed by atoms with Gasteiger partial charge < -0.3 is 0 Å². The Labute approximate surface area is 243 Å². The molecule has 0 radical (unpaired) electrons. The van der Waals surface area contributed by atoms with E-state index in [1.165, 1.54) is 32.3 Å². The monoisotopic (exact) mass is 535 g/mol. The fourth-order valence-electron chi connectivity index (χ4n) is 6.29. The Morgan fingerprint density at radius 3 is 1.43 bits per heavy atom. The summed E-state index contributed by atoms with van der Waals surface area (Å²) >= 11 is 0. The van der Waals surface area contributed by atoms with Gasteiger partial charge in [-0.15, -0.1) is 10.2 Å². The number of nitrogens with zero attached hydrogens (tertiary/aromatic N) is 3. The largest absolute Gasteiger partial charge is 0.129 e. The summed E-state index contributed by atoms with van der Waals surface area (Å²) in [5.41, 5.74) is 7.99. The Morgan fingerprint density at radius 1 is 0.310 bits per heavy atom. The van der Waals surface area contributed by atoms with Gasteiger partial charge in [-0.05, 0) is 54.2 Å². The number of rotatable bonds is 4. The van der Waals surface area contributed by atoms with E-state index in [2.05, 4.69) is 138 Å². The van der Waals surface area contributed by atoms with Gasteiger partial charge in [-0.25, -0.2) is 0 Å². The molecule has 0 aliphatic carbocycles. The standard InChI is InChI=1S/C39H25N3/c1-3-14-26(15-4-1)28-18-7-11-22-32(28)37-38(27-16-5-2-6-17-27)40-42-41-39(37)35-25-13-24-34-31-20-9-8-19-29(31)30-21-10-12-23-33(30)36(34)35/h1-25H. The quantitative estimate of drug-likeness (QED) is 0.211. The lowest BCUT2D eigenvalue weighted by molar-refractivity contribution is 0.879. The third kappa shape index (κ3) is 3.87. The predicted molar refractivity (Wildman–Crippen MR) is 174 cm³/mol. The molecule has 0 saturated heterocycles. The van der Waals surface area contributed by atoms with E-state index in [1.807, 2.05) is 24.3 Å². The number of hydrogen-bond acceptors (Lipinski definition) is 3. The molecule has 0 bridgehead atoms. The highest BCUT2D eigenvalue weighted by Crippen LogP contribution is 2.45. The van der Waals surface area contributed by atoms with Crippen LogP contribution in [0.1, 0.15) is 0 Å². The topological polar surface area (TPSA) is 38.7 Å². The van der Waals surface area contributed by atoms with Crippen LogP contribution in [0.2, 0.25) is 0 Å². The minimum atomic E-state index is 0.811. The van der Waals surface area contributed by atoms with Crippen molar-refractivity contribution in [1.29, 1.82) is 0 Å². The predicted octanol–water partition coefficient (Wildman–Crippen LogP) is 10.00. The van der Waals surface area contributed by atoms with E-state index in [4.69, 9.17) is 5.10 Å². The fraction of sp³-hybridized carbons (Fsp3) is 0. The maximum absolute atomic E-state index is 4.82. The molecule has 196 valence electrons. The number of aromatic nitrogens is 3. The van der Waals surface area contributed by atoms with E-state index in [1.54, 1.807) is 0 Å². The molecule has 1 aromatic heterocycles. The molecule has 0 amide bonds. The van der Waals surface area contributed by atoms with Crippen LogP contribution in [-0.2, 0) is 0 Å². The van der Waals surface area contributed by atoms with Crippen LogP contribution < -0.4 is 0 Å². The van der Waals surface area contributed by atoms with E-state index >= 15 is 0 Å². The Morgan fingerprint density at radius 2 is 0.762 bits per heavy atom. The number of hydrogen-bond donors (Lipinski definition) is 0. The highest BCUT2D eigenvalue weighted by atomic mass is 15.3. The Kier molecular flexibility index (Phi) is 5.79. The van der Waals surface area contributed by atoms with Gasteiger partial charge in [-0.2, -0.15) is 0 Å². The average molecular weight is 536 g/mol. The van der Waals surface area contributed by atoms with Crippen molar-refractivity contribution in [3.8, 4) is 44.8 Å². The van der Waals surface area contributed by atoms with Crippen molar-refractivity contribution in [3.05, 3.63) is 152 Å². The molecule has 3 heteroatoms. The van der Waals surface area contributed by atoms with Crippen molar-refractivity contribution in [2.75, 3.05) is 0 Å². The van der Waals surface area contributed by atoms with Crippen molar-refractivity contribution in [3.63, 3.8) is 0 Å². The van der Waals surface area contributed by atoms with Crippen LogP contribution in [0.25, 0.3) is 77.1 Å². The first-order valence-corrected chi connectivity index (χ1v) is 14.1. The van der Waals surface area contributed by atoms with Gasteiger partial charge in [-0.1, -0.05) is 152 Å². The Hall–Kier alpha value is -5.67. The molecule has 0 fully saturated rings. The summed E-state index contributed by atoms with van der Waals surface area (Å²) < 4.78 is 0. The van der Waals surface area contributed by atoms with Crippen molar-refractivity contribution in [2.24, 2.45) is 0 Å². The minimum absolute atomic E-state index is 0.811. The first-order valence-electron chi connectivity index (χ1n) is 14.1. The highest BCUT2D eigenvalue weighted by molar-refractivity contribution is 6.28. The van der Waals surface area contributed by atoms with Gasteiger partial charge in [-0.3, -0.25) is 0 Å². The second-order valence-electron chi connectivity index (χ2n) is 10.5. The lowest BCUT2D eigenvalue weighted by Crippen LogP contribution is -2.02. The molecule has 8 aromatic rings. The normalized spacial score (nSPS) is 11.3. The van der Waals surface area contributed by atoms with Crippen LogP contribution in [0.15, 0.2) is 152 Å². The number of fused-ring (bicyclic) bond motifs is 6. The maximum atomic E-state index is 4.82. The van der Waals surface area contributed by atoms with Crippen LogP contribution in [0, 0.1) is 0 Å². The van der Waals surface area contributed by atoms with Gasteiger partial charge in [0, 0.05) is 16.7 Å². The minimum Gasteiger partial charge on any atom is -0.129 e. The summed E-state index contributed by atoms with van der Waals surface area (Å²) in [5, 5.41) is 21.1. The first kappa shape index (κ1) is 24.2. The van der Waals surface area contributed by atoms with Crippen LogP contribution in [0.4, 0.5) is 0 Å². The zero-order chi connectivity index (χ0) is 27.9. The molecule has 0 atom stereocenters. The molecule has 0 spiro atoms. The van der Waals surface area contributed by atoms with Crippen molar-refractivity contribution in [1.82, 2.24) is 15.4 Å². The maximum Gasteiger partial charge on any atom is 0.105 e. The van der Waals surface area contributed by atoms with Crippen molar-refractivity contribution in [2.45, 2.75) is 0 Å². The smallest absolute Gasteiger partial charge is 0.105 e. The third-order valence-corrected chi connectivity index (χ3v) is 8.11. The van der Waals surface area contributed by atoms with E-state index in [0.717, 1.165) is 44.8 Å². The summed E-state index contributed by atoms with van der Waals surface area (Å²) in [7, 11) is 0. The van der Waals surface area contributed by atoms with Crippen LogP contribution in [0.3, 0.4) is 0 Å². The summed E-state index contributed by atoms with van der Waals surface area (Å²) in [6.07, 6.45) is 0. The van der Waals surface area contributed by atoms with Gasteiger partial charge in [0.15, 0.2) is 0 Å². The summed E-state index contributed by atoms with van der Waals surface area (Å²) in [4.78, 5) is 0. The zero-order valence-corrected chi connectivity index (χ0v) is 22.8. The van der Waals surface area contributed by atoms with Gasteiger partial charge >= 0.3 is 0 Å². The average Bonchev–Trinajstić information content (AvgIpc) is 3.08. The Bertz CT molecular complexity index is 2190. The molecule has 42 heavy (non-hydrogen) atoms. The first-order chi connectivity index (χ1) is 20.9. The molecule has 3 nitrogen and oxygen atoms in total. The number of benzene rings is 7. The summed E-state index contributed by atoms with van der Waals surface area (Å²) in [5.74, 6) is 0. The zero-order valence-electron chi connectivity index (χ0n) is 22.8. The van der Waals surface area contributed by atoms with E-state index in [-0.39, 0.29) is 0 Å². The highest BCUT2D eigenvalue weighted by Gasteiger charge is 2.23. The molecule has 8 rings (SSSR count). The molecule has 0 N–H and O–H groups in total. The van der Waals surface area contributed by atoms with Crippen molar-refractivity contribution >= 4 is 32.3 Å². The third-order valence-electron chi connectivity index (χ3n) is 8.11. The molecule has 0 saturated carbocycles. The van der Waals surface area contributed by atoms with Gasteiger partial charge in [0.05, 0.1) is 0 Å². The molecule has 0 aliphatic rings. The second-order valence-corrected chi connectivity index (χ2v) is 10.5. The molecular formula is C39H25N3. The lowest BCUT2D eigenvalue weighted by atomic mass is 9.86. The SMILES string of the molecule is c1ccc(-c2ccccc2-c2c(-c3ccccc3)nnnc2-c2cccc3c4ccccc4c4ccccc4c23)cc1. The van der Waals surface area contributed by atoms with Gasteiger partial charge in [0.25, 0.3) is 0 Å². The second kappa shape index (κ2) is 10.1. The summed E-state index contributed by atoms with van der Waals surface area (Å²) in [6.45, 7) is 0. The summed E-state index contributed by atoms with van der Waals surface area (Å²) in [6, 6.07) is 53.2. The molecule has 0 aliphatic heterocycles. The van der Waals surface area contributed by atoms with Crippen molar-refractivity contribution < 1.29 is 0 Å². The van der Waals surface area contributed by atoms with Crippen LogP contribution >= 0.6 is 0 Å². The van der Waals surface area contributed by atoms with E-state index in [0.29, 0.717) is 0 Å². The molecular weight excluding hydrogens is 510 g/mol. The molecule has 0 unspecified atom stereocenters. The molecule has 7 aromatic carbocycles. The van der Waals surface area contributed by atoms with Gasteiger partial charge in [0.1, 0.15) is 11.4 Å². The fourth-order valence-corrected chi connectivity index (χ4v) is 6.29. The van der Waals surface area contributed by atoms with E-state index < -0.39 is 0 Å². The lowest BCUT2D eigenvalue weighted by Gasteiger charge is -2.19. The Balaban J connectivity index is 1.53.